The predicted octanol–water partition coefficient (Wildman–Crippen LogP) is 4.10. The Morgan fingerprint density at radius 2 is 2.07 bits per heavy atom. The molecule has 2 aliphatic rings. The Hall–Kier alpha value is -2.12. The van der Waals surface area contributed by atoms with E-state index in [-0.39, 0.29) is 17.4 Å². The van der Waals surface area contributed by atoms with Crippen molar-refractivity contribution in [3.8, 4) is 11.6 Å². The van der Waals surface area contributed by atoms with Crippen LogP contribution in [-0.4, -0.2) is 47.9 Å². The van der Waals surface area contributed by atoms with Crippen LogP contribution in [0.5, 0.6) is 11.6 Å². The molecule has 8 heteroatoms. The number of halogens is 2. The van der Waals surface area contributed by atoms with Gasteiger partial charge in [-0.05, 0) is 57.4 Å². The van der Waals surface area contributed by atoms with Gasteiger partial charge < -0.3 is 19.1 Å². The van der Waals surface area contributed by atoms with Crippen LogP contribution in [-0.2, 0) is 4.74 Å². The zero-order chi connectivity index (χ0) is 19.7. The molecule has 1 saturated heterocycles. The van der Waals surface area contributed by atoms with Gasteiger partial charge >= 0.3 is 12.7 Å². The van der Waals surface area contributed by atoms with E-state index in [9.17, 15) is 13.6 Å². The van der Waals surface area contributed by atoms with Crippen LogP contribution < -0.4 is 9.47 Å². The maximum atomic E-state index is 12.3. The van der Waals surface area contributed by atoms with Crippen molar-refractivity contribution in [3.05, 3.63) is 18.3 Å². The van der Waals surface area contributed by atoms with Crippen LogP contribution in [0.15, 0.2) is 18.3 Å². The average molecular weight is 384 g/mol. The molecule has 1 aromatic heterocycles. The number of carbonyl (C=O) groups is 1. The number of likely N-dealkylation sites (tertiary alicyclic amines) is 1. The van der Waals surface area contributed by atoms with Gasteiger partial charge in [-0.25, -0.2) is 9.78 Å². The molecule has 0 radical (unpaired) electrons. The first-order valence-corrected chi connectivity index (χ1v) is 9.18. The van der Waals surface area contributed by atoms with Gasteiger partial charge in [0.15, 0.2) is 0 Å². The van der Waals surface area contributed by atoms with E-state index < -0.39 is 12.2 Å². The van der Waals surface area contributed by atoms with Crippen molar-refractivity contribution in [2.24, 2.45) is 11.3 Å². The summed E-state index contributed by atoms with van der Waals surface area (Å²) in [7, 11) is 0. The highest BCUT2D eigenvalue weighted by molar-refractivity contribution is 5.68. The van der Waals surface area contributed by atoms with Gasteiger partial charge in [-0.3, -0.25) is 0 Å². The molecule has 0 aromatic carbocycles. The van der Waals surface area contributed by atoms with Gasteiger partial charge in [-0.2, -0.15) is 8.78 Å². The van der Waals surface area contributed by atoms with Gasteiger partial charge in [0.1, 0.15) is 11.4 Å². The highest BCUT2D eigenvalue weighted by Gasteiger charge is 2.55. The SMILES string of the molecule is CC(C)(C)OC(=O)N1CCC2(CC1)CC2COc1ccnc(OC(F)F)c1. The lowest BCUT2D eigenvalue weighted by Gasteiger charge is -2.34. The summed E-state index contributed by atoms with van der Waals surface area (Å²) in [4.78, 5) is 17.6. The summed E-state index contributed by atoms with van der Waals surface area (Å²) in [6.45, 7) is 4.57. The molecular weight excluding hydrogens is 358 g/mol. The smallest absolute Gasteiger partial charge is 0.410 e. The molecule has 2 fully saturated rings. The summed E-state index contributed by atoms with van der Waals surface area (Å²) in [5, 5.41) is 0. The minimum Gasteiger partial charge on any atom is -0.493 e. The van der Waals surface area contributed by atoms with E-state index in [1.54, 1.807) is 11.0 Å². The summed E-state index contributed by atoms with van der Waals surface area (Å²) in [6.07, 6.45) is 4.04. The Balaban J connectivity index is 1.45. The van der Waals surface area contributed by atoms with Crippen LogP contribution in [0.3, 0.4) is 0 Å². The van der Waals surface area contributed by atoms with E-state index in [0.717, 1.165) is 19.3 Å². The number of pyridine rings is 1. The fourth-order valence-electron chi connectivity index (χ4n) is 3.57. The zero-order valence-electron chi connectivity index (χ0n) is 15.9. The molecule has 1 aromatic rings. The number of hydrogen-bond acceptors (Lipinski definition) is 5. The number of rotatable bonds is 5. The second-order valence-corrected chi connectivity index (χ2v) is 8.25. The molecule has 0 bridgehead atoms. The van der Waals surface area contributed by atoms with E-state index in [2.05, 4.69) is 9.72 Å². The summed E-state index contributed by atoms with van der Waals surface area (Å²) in [6, 6.07) is 2.99. The first-order valence-electron chi connectivity index (χ1n) is 9.18. The van der Waals surface area contributed by atoms with Gasteiger partial charge in [0.2, 0.25) is 5.88 Å². The minimum absolute atomic E-state index is 0.154. The summed E-state index contributed by atoms with van der Waals surface area (Å²) >= 11 is 0. The summed E-state index contributed by atoms with van der Waals surface area (Å²) in [5.74, 6) is 0.721. The molecule has 3 rings (SSSR count). The van der Waals surface area contributed by atoms with Gasteiger partial charge in [0.25, 0.3) is 0 Å². The highest BCUT2D eigenvalue weighted by atomic mass is 19.3. The predicted molar refractivity (Wildman–Crippen MR) is 93.9 cm³/mol. The number of amides is 1. The number of hydrogen-bond donors (Lipinski definition) is 0. The quantitative estimate of drug-likeness (QED) is 0.765. The second kappa shape index (κ2) is 7.48. The molecule has 1 spiro atoms. The van der Waals surface area contributed by atoms with Crippen LogP contribution in [0, 0.1) is 11.3 Å². The minimum atomic E-state index is -2.91. The summed E-state index contributed by atoms with van der Waals surface area (Å²) in [5.41, 5.74) is -0.270. The van der Waals surface area contributed by atoms with Gasteiger partial charge in [-0.1, -0.05) is 0 Å². The molecular formula is C19H26F2N2O4. The Morgan fingerprint density at radius 1 is 1.37 bits per heavy atom. The molecule has 1 atom stereocenters. The number of aromatic nitrogens is 1. The Morgan fingerprint density at radius 3 is 2.70 bits per heavy atom. The molecule has 1 aliphatic carbocycles. The van der Waals surface area contributed by atoms with Crippen LogP contribution >= 0.6 is 0 Å². The third-order valence-electron chi connectivity index (χ3n) is 5.14. The maximum Gasteiger partial charge on any atom is 0.410 e. The van der Waals surface area contributed by atoms with E-state index >= 15 is 0 Å². The van der Waals surface area contributed by atoms with Crippen molar-refractivity contribution in [1.29, 1.82) is 0 Å². The molecule has 1 unspecified atom stereocenters. The Labute approximate surface area is 157 Å². The molecule has 1 aliphatic heterocycles. The Kier molecular flexibility index (Phi) is 5.44. The van der Waals surface area contributed by atoms with E-state index in [4.69, 9.17) is 9.47 Å². The van der Waals surface area contributed by atoms with Crippen molar-refractivity contribution in [1.82, 2.24) is 9.88 Å². The molecule has 2 heterocycles. The number of piperidine rings is 1. The number of alkyl halides is 2. The fourth-order valence-corrected chi connectivity index (χ4v) is 3.57. The van der Waals surface area contributed by atoms with Gasteiger partial charge in [0.05, 0.1) is 6.61 Å². The van der Waals surface area contributed by atoms with E-state index in [1.165, 1.54) is 12.3 Å². The monoisotopic (exact) mass is 384 g/mol. The van der Waals surface area contributed by atoms with Crippen LogP contribution in [0.2, 0.25) is 0 Å². The van der Waals surface area contributed by atoms with Crippen LogP contribution in [0.25, 0.3) is 0 Å². The van der Waals surface area contributed by atoms with Crippen molar-refractivity contribution < 1.29 is 27.8 Å². The Bertz CT molecular complexity index is 670. The third-order valence-corrected chi connectivity index (χ3v) is 5.14. The number of carbonyl (C=O) groups excluding carboxylic acids is 1. The normalized spacial score (nSPS) is 21.3. The van der Waals surface area contributed by atoms with Crippen LogP contribution in [0.4, 0.5) is 13.6 Å². The lowest BCUT2D eigenvalue weighted by molar-refractivity contribution is -0.0529. The number of ether oxygens (including phenoxy) is 3. The average Bonchev–Trinajstić information content (AvgIpc) is 3.23. The largest absolute Gasteiger partial charge is 0.493 e. The third kappa shape index (κ3) is 5.20. The molecule has 6 nitrogen and oxygen atoms in total. The van der Waals surface area contributed by atoms with Crippen molar-refractivity contribution in [2.45, 2.75) is 52.2 Å². The van der Waals surface area contributed by atoms with Gasteiger partial charge in [-0.15, -0.1) is 0 Å². The van der Waals surface area contributed by atoms with Crippen molar-refractivity contribution in [3.63, 3.8) is 0 Å². The topological polar surface area (TPSA) is 60.9 Å². The highest BCUT2D eigenvalue weighted by Crippen LogP contribution is 2.59. The number of nitrogens with zero attached hydrogens (tertiary/aromatic N) is 2. The van der Waals surface area contributed by atoms with Crippen LogP contribution in [0.1, 0.15) is 40.0 Å². The van der Waals surface area contributed by atoms with E-state index in [0.29, 0.717) is 31.4 Å². The van der Waals surface area contributed by atoms with Gasteiger partial charge in [0, 0.05) is 25.4 Å². The lowest BCUT2D eigenvalue weighted by atomic mass is 9.91. The standard InChI is InChI=1S/C19H26F2N2O4/c1-18(2,3)27-17(24)23-8-5-19(6-9-23)11-13(19)12-25-14-4-7-22-15(10-14)26-16(20)21/h4,7,10,13,16H,5-6,8-9,11-12H2,1-3H3. The zero-order valence-corrected chi connectivity index (χ0v) is 15.9. The second-order valence-electron chi connectivity index (χ2n) is 8.25. The molecule has 1 saturated carbocycles. The fraction of sp³-hybridized carbons (Fsp3) is 0.684. The molecule has 1 amide bonds. The van der Waals surface area contributed by atoms with Crippen molar-refractivity contribution in [2.75, 3.05) is 19.7 Å². The molecule has 150 valence electrons. The maximum absolute atomic E-state index is 12.3. The van der Waals surface area contributed by atoms with E-state index in [1.807, 2.05) is 20.8 Å². The lowest BCUT2D eigenvalue weighted by Crippen LogP contribution is -2.42. The molecule has 27 heavy (non-hydrogen) atoms. The van der Waals surface area contributed by atoms with Crippen molar-refractivity contribution >= 4 is 6.09 Å². The first kappa shape index (κ1) is 19.6. The molecule has 0 N–H and O–H groups in total. The summed E-state index contributed by atoms with van der Waals surface area (Å²) < 4.78 is 40.0. The first-order chi connectivity index (χ1) is 12.7.